The Morgan fingerprint density at radius 1 is 1.23 bits per heavy atom. The molecule has 118 valence electrons. The lowest BCUT2D eigenvalue weighted by Gasteiger charge is -2.20. The molecular formula is C16H18F2N2O2. The van der Waals surface area contributed by atoms with Crippen LogP contribution in [0.3, 0.4) is 0 Å². The minimum absolute atomic E-state index is 0.0157. The monoisotopic (exact) mass is 308 g/mol. The first-order valence-electron chi connectivity index (χ1n) is 7.21. The van der Waals surface area contributed by atoms with Crippen LogP contribution in [0.4, 0.5) is 8.78 Å². The van der Waals surface area contributed by atoms with Crippen molar-refractivity contribution in [3.63, 3.8) is 0 Å². The second-order valence-electron chi connectivity index (χ2n) is 5.02. The van der Waals surface area contributed by atoms with Gasteiger partial charge in [0, 0.05) is 44.2 Å². The van der Waals surface area contributed by atoms with Crippen molar-refractivity contribution in [1.82, 2.24) is 9.80 Å². The van der Waals surface area contributed by atoms with Gasteiger partial charge in [-0.25, -0.2) is 8.78 Å². The molecule has 2 rings (SSSR count). The lowest BCUT2D eigenvalue weighted by Crippen LogP contribution is -2.35. The largest absolute Gasteiger partial charge is 0.341 e. The Hall–Kier alpha value is -2.24. The number of rotatable bonds is 3. The molecule has 1 aromatic rings. The number of carbonyl (C=O) groups excluding carboxylic acids is 2. The maximum atomic E-state index is 13.5. The summed E-state index contributed by atoms with van der Waals surface area (Å²) in [4.78, 5) is 27.1. The zero-order chi connectivity index (χ0) is 16.1. The van der Waals surface area contributed by atoms with Crippen molar-refractivity contribution in [2.24, 2.45) is 0 Å². The van der Waals surface area contributed by atoms with Crippen molar-refractivity contribution in [2.45, 2.75) is 13.3 Å². The van der Waals surface area contributed by atoms with Crippen molar-refractivity contribution in [2.75, 3.05) is 26.2 Å². The summed E-state index contributed by atoms with van der Waals surface area (Å²) >= 11 is 0. The van der Waals surface area contributed by atoms with E-state index >= 15 is 0 Å². The van der Waals surface area contributed by atoms with Gasteiger partial charge >= 0.3 is 0 Å². The molecule has 0 unspecified atom stereocenters. The van der Waals surface area contributed by atoms with Gasteiger partial charge in [0.1, 0.15) is 11.6 Å². The zero-order valence-electron chi connectivity index (χ0n) is 12.4. The van der Waals surface area contributed by atoms with Crippen LogP contribution in [0.1, 0.15) is 18.9 Å². The predicted octanol–water partition coefficient (Wildman–Crippen LogP) is 2.06. The summed E-state index contributed by atoms with van der Waals surface area (Å²) < 4.78 is 27.0. The number of hydrogen-bond acceptors (Lipinski definition) is 2. The Bertz CT molecular complexity index is 582. The van der Waals surface area contributed by atoms with Gasteiger partial charge < -0.3 is 9.80 Å². The molecule has 0 aromatic heterocycles. The van der Waals surface area contributed by atoms with Crippen LogP contribution in [-0.4, -0.2) is 47.8 Å². The lowest BCUT2D eigenvalue weighted by atomic mass is 10.2. The molecule has 1 saturated heterocycles. The van der Waals surface area contributed by atoms with Crippen molar-refractivity contribution in [1.29, 1.82) is 0 Å². The minimum Gasteiger partial charge on any atom is -0.341 e. The zero-order valence-corrected chi connectivity index (χ0v) is 12.4. The van der Waals surface area contributed by atoms with Crippen LogP contribution in [0.2, 0.25) is 0 Å². The number of carbonyl (C=O) groups is 2. The van der Waals surface area contributed by atoms with E-state index in [2.05, 4.69) is 0 Å². The Morgan fingerprint density at radius 3 is 2.55 bits per heavy atom. The molecule has 0 atom stereocenters. The summed E-state index contributed by atoms with van der Waals surface area (Å²) in [5.74, 6) is -1.77. The van der Waals surface area contributed by atoms with Gasteiger partial charge in [0.2, 0.25) is 11.8 Å². The number of likely N-dealkylation sites (N-methyl/N-ethyl adjacent to an activating group) is 1. The van der Waals surface area contributed by atoms with E-state index < -0.39 is 11.6 Å². The molecule has 6 heteroatoms. The van der Waals surface area contributed by atoms with Crippen LogP contribution < -0.4 is 0 Å². The van der Waals surface area contributed by atoms with E-state index in [1.807, 2.05) is 6.92 Å². The third kappa shape index (κ3) is 3.69. The normalized spacial score (nSPS) is 16.2. The summed E-state index contributed by atoms with van der Waals surface area (Å²) in [6, 6.07) is 3.54. The van der Waals surface area contributed by atoms with Crippen LogP contribution >= 0.6 is 0 Å². The average Bonchev–Trinajstić information content (AvgIpc) is 2.68. The summed E-state index contributed by atoms with van der Waals surface area (Å²) in [6.07, 6.45) is 2.55. The summed E-state index contributed by atoms with van der Waals surface area (Å²) in [5, 5.41) is 0. The molecule has 0 bridgehead atoms. The predicted molar refractivity (Wildman–Crippen MR) is 78.8 cm³/mol. The highest BCUT2D eigenvalue weighted by Crippen LogP contribution is 2.14. The molecule has 0 saturated carbocycles. The standard InChI is InChI=1S/C16H18F2N2O2/c1-2-19-10-11-20(9-8-16(19)22)15(21)7-6-12-13(17)4-3-5-14(12)18/h3-7H,2,8-11H2,1H3/b7-6+. The van der Waals surface area contributed by atoms with Gasteiger partial charge in [-0.2, -0.15) is 0 Å². The number of hydrogen-bond donors (Lipinski definition) is 0. The van der Waals surface area contributed by atoms with Crippen molar-refractivity contribution < 1.29 is 18.4 Å². The lowest BCUT2D eigenvalue weighted by molar-refractivity contribution is -0.130. The average molecular weight is 308 g/mol. The Morgan fingerprint density at radius 2 is 1.91 bits per heavy atom. The molecule has 0 spiro atoms. The fourth-order valence-electron chi connectivity index (χ4n) is 2.35. The van der Waals surface area contributed by atoms with E-state index in [0.717, 1.165) is 24.3 Å². The molecular weight excluding hydrogens is 290 g/mol. The Balaban J connectivity index is 2.06. The topological polar surface area (TPSA) is 40.6 Å². The van der Waals surface area contributed by atoms with E-state index in [9.17, 15) is 18.4 Å². The fourth-order valence-corrected chi connectivity index (χ4v) is 2.35. The van der Waals surface area contributed by atoms with Crippen LogP contribution in [0.25, 0.3) is 6.08 Å². The van der Waals surface area contributed by atoms with Crippen LogP contribution in [-0.2, 0) is 9.59 Å². The van der Waals surface area contributed by atoms with Gasteiger partial charge in [-0.1, -0.05) is 6.07 Å². The smallest absolute Gasteiger partial charge is 0.246 e. The molecule has 0 aliphatic carbocycles. The van der Waals surface area contributed by atoms with Crippen LogP contribution in [0.15, 0.2) is 24.3 Å². The Kier molecular flexibility index (Phi) is 5.25. The van der Waals surface area contributed by atoms with E-state index in [1.54, 1.807) is 4.90 Å². The number of benzene rings is 1. The first-order valence-corrected chi connectivity index (χ1v) is 7.21. The van der Waals surface area contributed by atoms with Crippen molar-refractivity contribution >= 4 is 17.9 Å². The summed E-state index contributed by atoms with van der Waals surface area (Å²) in [7, 11) is 0. The minimum atomic E-state index is -0.716. The maximum Gasteiger partial charge on any atom is 0.246 e. The molecule has 1 heterocycles. The van der Waals surface area contributed by atoms with Gasteiger partial charge in [0.15, 0.2) is 0 Å². The molecule has 0 N–H and O–H groups in total. The fraction of sp³-hybridized carbons (Fsp3) is 0.375. The van der Waals surface area contributed by atoms with E-state index in [1.165, 1.54) is 11.0 Å². The third-order valence-corrected chi connectivity index (χ3v) is 3.67. The van der Waals surface area contributed by atoms with Gasteiger partial charge in [-0.3, -0.25) is 9.59 Å². The van der Waals surface area contributed by atoms with Crippen LogP contribution in [0.5, 0.6) is 0 Å². The molecule has 1 aliphatic heterocycles. The quantitative estimate of drug-likeness (QED) is 0.802. The number of amides is 2. The van der Waals surface area contributed by atoms with Crippen molar-refractivity contribution in [3.05, 3.63) is 41.5 Å². The molecule has 1 aromatic carbocycles. The molecule has 22 heavy (non-hydrogen) atoms. The van der Waals surface area contributed by atoms with Crippen molar-refractivity contribution in [3.8, 4) is 0 Å². The maximum absolute atomic E-state index is 13.5. The van der Waals surface area contributed by atoms with Gasteiger partial charge in [0.25, 0.3) is 0 Å². The van der Waals surface area contributed by atoms with Crippen LogP contribution in [0, 0.1) is 11.6 Å². The third-order valence-electron chi connectivity index (χ3n) is 3.67. The SMILES string of the molecule is CCN1CCN(C(=O)/C=C/c2c(F)cccc2F)CCC1=O. The van der Waals surface area contributed by atoms with Gasteiger partial charge in [-0.05, 0) is 25.1 Å². The van der Waals surface area contributed by atoms with E-state index in [4.69, 9.17) is 0 Å². The first kappa shape index (κ1) is 16.1. The first-order chi connectivity index (χ1) is 10.5. The summed E-state index contributed by atoms with van der Waals surface area (Å²) in [6.45, 7) is 3.71. The summed E-state index contributed by atoms with van der Waals surface area (Å²) in [5.41, 5.74) is -0.239. The second kappa shape index (κ2) is 7.15. The molecule has 1 aliphatic rings. The highest BCUT2D eigenvalue weighted by Gasteiger charge is 2.21. The second-order valence-corrected chi connectivity index (χ2v) is 5.02. The molecule has 1 fully saturated rings. The Labute approximate surface area is 128 Å². The van der Waals surface area contributed by atoms with E-state index in [-0.39, 0.29) is 23.8 Å². The number of halogens is 2. The van der Waals surface area contributed by atoms with Gasteiger partial charge in [-0.15, -0.1) is 0 Å². The molecule has 0 radical (unpaired) electrons. The highest BCUT2D eigenvalue weighted by molar-refractivity contribution is 5.92. The molecule has 4 nitrogen and oxygen atoms in total. The number of nitrogens with zero attached hydrogens (tertiary/aromatic N) is 2. The molecule has 2 amide bonds. The van der Waals surface area contributed by atoms with E-state index in [0.29, 0.717) is 26.2 Å². The highest BCUT2D eigenvalue weighted by atomic mass is 19.1. The van der Waals surface area contributed by atoms with Gasteiger partial charge in [0.05, 0.1) is 0 Å².